The van der Waals surface area contributed by atoms with Gasteiger partial charge in [-0.2, -0.15) is 0 Å². The molecule has 2 aromatic carbocycles. The standard InChI is InChI=1S/C18H21FN2OS/c1-21(17-5-3-2-4-6-17)12-11-20-18(22)14-23-13-15-7-9-16(19)10-8-15/h2-10H,11-14H2,1H3,(H,20,22). The molecule has 5 heteroatoms. The SMILES string of the molecule is CN(CCNC(=O)CSCc1ccc(F)cc1)c1ccccc1. The number of hydrogen-bond donors (Lipinski definition) is 1. The van der Waals surface area contributed by atoms with Crippen LogP contribution in [0.5, 0.6) is 0 Å². The smallest absolute Gasteiger partial charge is 0.230 e. The Morgan fingerprint density at radius 2 is 1.83 bits per heavy atom. The van der Waals surface area contributed by atoms with Gasteiger partial charge in [-0.05, 0) is 29.8 Å². The quantitative estimate of drug-likeness (QED) is 0.805. The molecule has 0 aromatic heterocycles. The summed E-state index contributed by atoms with van der Waals surface area (Å²) in [5.74, 6) is 0.905. The molecule has 23 heavy (non-hydrogen) atoms. The van der Waals surface area contributed by atoms with E-state index < -0.39 is 0 Å². The minimum Gasteiger partial charge on any atom is -0.373 e. The normalized spacial score (nSPS) is 10.3. The first-order chi connectivity index (χ1) is 11.1. The van der Waals surface area contributed by atoms with E-state index in [1.165, 1.54) is 23.9 Å². The number of para-hydroxylation sites is 1. The molecule has 0 unspecified atom stereocenters. The summed E-state index contributed by atoms with van der Waals surface area (Å²) < 4.78 is 12.8. The highest BCUT2D eigenvalue weighted by Gasteiger charge is 2.04. The maximum Gasteiger partial charge on any atom is 0.230 e. The van der Waals surface area contributed by atoms with E-state index in [1.54, 1.807) is 12.1 Å². The zero-order valence-electron chi connectivity index (χ0n) is 13.2. The van der Waals surface area contributed by atoms with Gasteiger partial charge in [-0.3, -0.25) is 4.79 Å². The third kappa shape index (κ3) is 6.32. The van der Waals surface area contributed by atoms with Crippen molar-refractivity contribution in [1.29, 1.82) is 0 Å². The summed E-state index contributed by atoms with van der Waals surface area (Å²) in [5, 5.41) is 2.92. The molecule has 1 amide bonds. The lowest BCUT2D eigenvalue weighted by Gasteiger charge is -2.19. The predicted molar refractivity (Wildman–Crippen MR) is 95.3 cm³/mol. The van der Waals surface area contributed by atoms with Crippen LogP contribution in [0.4, 0.5) is 10.1 Å². The third-order valence-electron chi connectivity index (χ3n) is 3.38. The van der Waals surface area contributed by atoms with Crippen molar-refractivity contribution in [2.75, 3.05) is 30.8 Å². The van der Waals surface area contributed by atoms with E-state index >= 15 is 0 Å². The lowest BCUT2D eigenvalue weighted by Crippen LogP contribution is -2.33. The summed E-state index contributed by atoms with van der Waals surface area (Å²) >= 11 is 1.53. The van der Waals surface area contributed by atoms with E-state index in [2.05, 4.69) is 10.2 Å². The van der Waals surface area contributed by atoms with Crippen LogP contribution in [0.2, 0.25) is 0 Å². The van der Waals surface area contributed by atoms with E-state index in [-0.39, 0.29) is 11.7 Å². The fraction of sp³-hybridized carbons (Fsp3) is 0.278. The molecule has 0 heterocycles. The number of halogens is 1. The summed E-state index contributed by atoms with van der Waals surface area (Å²) in [7, 11) is 2.00. The minimum absolute atomic E-state index is 0.0265. The fourth-order valence-corrected chi connectivity index (χ4v) is 2.89. The van der Waals surface area contributed by atoms with Gasteiger partial charge in [0.1, 0.15) is 5.82 Å². The van der Waals surface area contributed by atoms with Gasteiger partial charge in [-0.25, -0.2) is 4.39 Å². The van der Waals surface area contributed by atoms with Gasteiger partial charge in [-0.1, -0.05) is 30.3 Å². The molecular formula is C18H21FN2OS. The van der Waals surface area contributed by atoms with Crippen LogP contribution in [0.1, 0.15) is 5.56 Å². The van der Waals surface area contributed by atoms with Gasteiger partial charge in [-0.15, -0.1) is 11.8 Å². The van der Waals surface area contributed by atoms with Crippen molar-refractivity contribution in [2.45, 2.75) is 5.75 Å². The molecule has 122 valence electrons. The number of benzene rings is 2. The zero-order valence-corrected chi connectivity index (χ0v) is 14.0. The Kier molecular flexibility index (Phi) is 6.94. The van der Waals surface area contributed by atoms with Crippen LogP contribution in [0, 0.1) is 5.82 Å². The Labute approximate surface area is 140 Å². The topological polar surface area (TPSA) is 32.3 Å². The molecule has 3 nitrogen and oxygen atoms in total. The summed E-state index contributed by atoms with van der Waals surface area (Å²) in [6.45, 7) is 1.37. The second-order valence-electron chi connectivity index (χ2n) is 5.23. The Balaban J connectivity index is 1.61. The molecule has 0 saturated carbocycles. The molecule has 2 rings (SSSR count). The molecular weight excluding hydrogens is 311 g/mol. The summed E-state index contributed by atoms with van der Waals surface area (Å²) in [5.41, 5.74) is 2.15. The number of nitrogens with one attached hydrogen (secondary N) is 1. The summed E-state index contributed by atoms with van der Waals surface area (Å²) in [4.78, 5) is 13.9. The van der Waals surface area contributed by atoms with E-state index in [4.69, 9.17) is 0 Å². The minimum atomic E-state index is -0.237. The maximum atomic E-state index is 12.8. The zero-order chi connectivity index (χ0) is 16.5. The largest absolute Gasteiger partial charge is 0.373 e. The van der Waals surface area contributed by atoms with Gasteiger partial charge < -0.3 is 10.2 Å². The molecule has 0 aliphatic heterocycles. The second-order valence-corrected chi connectivity index (χ2v) is 6.21. The van der Waals surface area contributed by atoms with Gasteiger partial charge in [0, 0.05) is 31.6 Å². The average Bonchev–Trinajstić information content (AvgIpc) is 2.57. The van der Waals surface area contributed by atoms with Crippen molar-refractivity contribution in [3.63, 3.8) is 0 Å². The summed E-state index contributed by atoms with van der Waals surface area (Å²) in [6, 6.07) is 16.4. The van der Waals surface area contributed by atoms with Crippen LogP contribution in [0.25, 0.3) is 0 Å². The van der Waals surface area contributed by atoms with Crippen molar-refractivity contribution >= 4 is 23.4 Å². The van der Waals surface area contributed by atoms with E-state index in [9.17, 15) is 9.18 Å². The van der Waals surface area contributed by atoms with Crippen LogP contribution in [-0.2, 0) is 10.5 Å². The average molecular weight is 332 g/mol. The van der Waals surface area contributed by atoms with E-state index in [0.717, 1.165) is 17.8 Å². The Morgan fingerprint density at radius 3 is 2.52 bits per heavy atom. The number of carbonyl (C=O) groups excluding carboxylic acids is 1. The molecule has 0 saturated heterocycles. The van der Waals surface area contributed by atoms with Gasteiger partial charge in [0.2, 0.25) is 5.91 Å². The fourth-order valence-electron chi connectivity index (χ4n) is 2.07. The molecule has 0 aliphatic carbocycles. The molecule has 2 aromatic rings. The highest BCUT2D eigenvalue weighted by molar-refractivity contribution is 7.99. The number of amides is 1. The van der Waals surface area contributed by atoms with Crippen LogP contribution in [0.3, 0.4) is 0 Å². The molecule has 0 bridgehead atoms. The number of hydrogen-bond acceptors (Lipinski definition) is 3. The number of thioether (sulfide) groups is 1. The number of nitrogens with zero attached hydrogens (tertiary/aromatic N) is 1. The predicted octanol–water partition coefficient (Wildman–Crippen LogP) is 3.31. The highest BCUT2D eigenvalue weighted by Crippen LogP contribution is 2.12. The molecule has 0 spiro atoms. The van der Waals surface area contributed by atoms with Crippen molar-refractivity contribution in [2.24, 2.45) is 0 Å². The first-order valence-corrected chi connectivity index (χ1v) is 8.65. The third-order valence-corrected chi connectivity index (χ3v) is 4.39. The van der Waals surface area contributed by atoms with Crippen LogP contribution in [-0.4, -0.2) is 31.8 Å². The van der Waals surface area contributed by atoms with Crippen LogP contribution < -0.4 is 10.2 Å². The molecule has 0 atom stereocenters. The number of likely N-dealkylation sites (N-methyl/N-ethyl adjacent to an activating group) is 1. The first kappa shape index (κ1) is 17.3. The maximum absolute atomic E-state index is 12.8. The van der Waals surface area contributed by atoms with Crippen molar-refractivity contribution < 1.29 is 9.18 Å². The Hall–Kier alpha value is -2.01. The Morgan fingerprint density at radius 1 is 1.13 bits per heavy atom. The van der Waals surface area contributed by atoms with Gasteiger partial charge in [0.05, 0.1) is 5.75 Å². The lowest BCUT2D eigenvalue weighted by atomic mass is 10.2. The van der Waals surface area contributed by atoms with Gasteiger partial charge >= 0.3 is 0 Å². The van der Waals surface area contributed by atoms with E-state index in [0.29, 0.717) is 18.1 Å². The molecule has 0 radical (unpaired) electrons. The Bertz CT molecular complexity index is 604. The number of carbonyl (C=O) groups is 1. The molecule has 1 N–H and O–H groups in total. The van der Waals surface area contributed by atoms with Crippen molar-refractivity contribution in [3.05, 3.63) is 66.0 Å². The highest BCUT2D eigenvalue weighted by atomic mass is 32.2. The molecule has 0 aliphatic rings. The van der Waals surface area contributed by atoms with Crippen LogP contribution >= 0.6 is 11.8 Å². The molecule has 0 fully saturated rings. The van der Waals surface area contributed by atoms with Crippen LogP contribution in [0.15, 0.2) is 54.6 Å². The first-order valence-electron chi connectivity index (χ1n) is 7.50. The number of rotatable bonds is 8. The number of anilines is 1. The van der Waals surface area contributed by atoms with Crippen molar-refractivity contribution in [3.8, 4) is 0 Å². The van der Waals surface area contributed by atoms with Gasteiger partial charge in [0.25, 0.3) is 0 Å². The summed E-state index contributed by atoms with van der Waals surface area (Å²) in [6.07, 6.45) is 0. The van der Waals surface area contributed by atoms with E-state index in [1.807, 2.05) is 37.4 Å². The van der Waals surface area contributed by atoms with Gasteiger partial charge in [0.15, 0.2) is 0 Å². The second kappa shape index (κ2) is 9.20. The lowest BCUT2D eigenvalue weighted by molar-refractivity contribution is -0.118. The van der Waals surface area contributed by atoms with Crippen molar-refractivity contribution in [1.82, 2.24) is 5.32 Å². The monoisotopic (exact) mass is 332 g/mol.